The maximum absolute atomic E-state index is 6.08. The number of halogens is 1. The molecule has 0 aromatic heterocycles. The first kappa shape index (κ1) is 13.5. The highest BCUT2D eigenvalue weighted by Gasteiger charge is 2.20. The van der Waals surface area contributed by atoms with Gasteiger partial charge in [0.25, 0.3) is 0 Å². The molecule has 0 atom stereocenters. The first-order valence-electron chi connectivity index (χ1n) is 6.62. The second-order valence-corrected chi connectivity index (χ2v) is 5.39. The summed E-state index contributed by atoms with van der Waals surface area (Å²) in [6.07, 6.45) is 5.09. The van der Waals surface area contributed by atoms with Crippen LogP contribution in [0.3, 0.4) is 0 Å². The molecule has 2 rings (SSSR count). The van der Waals surface area contributed by atoms with Gasteiger partial charge in [-0.3, -0.25) is 0 Å². The standard InChI is InChI=1S/C15H21ClO2/c1-11-3-6-13(7-4-11)18-15-9-12(10-16)5-8-14(15)17-2/h5,8-9,11,13H,3-4,6-7,10H2,1-2H3. The molecule has 3 heteroatoms. The van der Waals surface area contributed by atoms with Gasteiger partial charge in [0.1, 0.15) is 0 Å². The fourth-order valence-electron chi connectivity index (χ4n) is 2.42. The zero-order chi connectivity index (χ0) is 13.0. The average Bonchev–Trinajstić information content (AvgIpc) is 2.41. The summed E-state index contributed by atoms with van der Waals surface area (Å²) in [5, 5.41) is 0. The summed E-state index contributed by atoms with van der Waals surface area (Å²) in [5.74, 6) is 2.96. The van der Waals surface area contributed by atoms with Crippen molar-refractivity contribution in [3.05, 3.63) is 23.8 Å². The Morgan fingerprint density at radius 3 is 2.50 bits per heavy atom. The van der Waals surface area contributed by atoms with E-state index in [4.69, 9.17) is 21.1 Å². The van der Waals surface area contributed by atoms with Crippen LogP contribution in [0, 0.1) is 5.92 Å². The third-order valence-electron chi connectivity index (χ3n) is 3.64. The van der Waals surface area contributed by atoms with Crippen molar-refractivity contribution in [2.75, 3.05) is 7.11 Å². The lowest BCUT2D eigenvalue weighted by Crippen LogP contribution is -2.23. The molecule has 0 radical (unpaired) electrons. The van der Waals surface area contributed by atoms with Crippen molar-refractivity contribution in [1.82, 2.24) is 0 Å². The SMILES string of the molecule is COc1ccc(CCl)cc1OC1CCC(C)CC1. The van der Waals surface area contributed by atoms with E-state index < -0.39 is 0 Å². The van der Waals surface area contributed by atoms with Crippen molar-refractivity contribution in [3.8, 4) is 11.5 Å². The monoisotopic (exact) mass is 268 g/mol. The van der Waals surface area contributed by atoms with Crippen molar-refractivity contribution < 1.29 is 9.47 Å². The van der Waals surface area contributed by atoms with Gasteiger partial charge in [0.15, 0.2) is 11.5 Å². The third-order valence-corrected chi connectivity index (χ3v) is 3.95. The van der Waals surface area contributed by atoms with Gasteiger partial charge in [-0.2, -0.15) is 0 Å². The largest absolute Gasteiger partial charge is 0.493 e. The van der Waals surface area contributed by atoms with Gasteiger partial charge < -0.3 is 9.47 Å². The Hall–Kier alpha value is -0.890. The van der Waals surface area contributed by atoms with Crippen molar-refractivity contribution in [1.29, 1.82) is 0 Å². The molecule has 1 aliphatic rings. The lowest BCUT2D eigenvalue weighted by molar-refractivity contribution is 0.131. The summed E-state index contributed by atoms with van der Waals surface area (Å²) in [6.45, 7) is 2.31. The van der Waals surface area contributed by atoms with Crippen LogP contribution >= 0.6 is 11.6 Å². The van der Waals surface area contributed by atoms with Gasteiger partial charge in [-0.05, 0) is 49.3 Å². The molecule has 0 bridgehead atoms. The summed E-state index contributed by atoms with van der Waals surface area (Å²) in [4.78, 5) is 0. The lowest BCUT2D eigenvalue weighted by atomic mass is 9.89. The molecule has 100 valence electrons. The van der Waals surface area contributed by atoms with Gasteiger partial charge in [-0.15, -0.1) is 11.6 Å². The molecule has 0 N–H and O–H groups in total. The van der Waals surface area contributed by atoms with Crippen LogP contribution in [0.15, 0.2) is 18.2 Å². The van der Waals surface area contributed by atoms with Crippen LogP contribution in [0.4, 0.5) is 0 Å². The molecular weight excluding hydrogens is 248 g/mol. The molecule has 2 nitrogen and oxygen atoms in total. The van der Waals surface area contributed by atoms with E-state index in [-0.39, 0.29) is 0 Å². The summed E-state index contributed by atoms with van der Waals surface area (Å²) in [6, 6.07) is 5.89. The minimum Gasteiger partial charge on any atom is -0.493 e. The number of benzene rings is 1. The maximum Gasteiger partial charge on any atom is 0.161 e. The van der Waals surface area contributed by atoms with E-state index in [1.807, 2.05) is 18.2 Å². The van der Waals surface area contributed by atoms with E-state index in [0.717, 1.165) is 35.8 Å². The molecule has 1 saturated carbocycles. The highest BCUT2D eigenvalue weighted by molar-refractivity contribution is 6.17. The lowest BCUT2D eigenvalue weighted by Gasteiger charge is -2.27. The molecule has 1 aliphatic carbocycles. The van der Waals surface area contributed by atoms with Gasteiger partial charge in [-0.25, -0.2) is 0 Å². The number of rotatable bonds is 4. The van der Waals surface area contributed by atoms with E-state index in [2.05, 4.69) is 6.92 Å². The maximum atomic E-state index is 6.08. The second-order valence-electron chi connectivity index (χ2n) is 5.12. The Balaban J connectivity index is 2.07. The Morgan fingerprint density at radius 2 is 1.89 bits per heavy atom. The molecule has 1 aromatic rings. The molecule has 0 unspecified atom stereocenters. The third kappa shape index (κ3) is 3.32. The van der Waals surface area contributed by atoms with E-state index in [1.54, 1.807) is 7.11 Å². The quantitative estimate of drug-likeness (QED) is 0.754. The fraction of sp³-hybridized carbons (Fsp3) is 0.600. The van der Waals surface area contributed by atoms with E-state index >= 15 is 0 Å². The smallest absolute Gasteiger partial charge is 0.161 e. The van der Waals surface area contributed by atoms with Crippen LogP contribution in [0.2, 0.25) is 0 Å². The molecule has 0 spiro atoms. The minimum atomic E-state index is 0.320. The molecule has 0 saturated heterocycles. The van der Waals surface area contributed by atoms with Crippen LogP contribution in [-0.2, 0) is 5.88 Å². The van der Waals surface area contributed by atoms with E-state index in [1.165, 1.54) is 12.8 Å². The first-order valence-corrected chi connectivity index (χ1v) is 7.16. The second kappa shape index (κ2) is 6.33. The molecule has 0 amide bonds. The Kier molecular flexibility index (Phi) is 4.76. The molecular formula is C15H21ClO2. The number of alkyl halides is 1. The van der Waals surface area contributed by atoms with Crippen LogP contribution in [0.5, 0.6) is 11.5 Å². The predicted molar refractivity (Wildman–Crippen MR) is 74.6 cm³/mol. The van der Waals surface area contributed by atoms with Crippen molar-refractivity contribution in [2.24, 2.45) is 5.92 Å². The Bertz CT molecular complexity index is 384. The number of ether oxygens (including phenoxy) is 2. The summed E-state index contributed by atoms with van der Waals surface area (Å²) < 4.78 is 11.4. The van der Waals surface area contributed by atoms with Crippen LogP contribution < -0.4 is 9.47 Å². The molecule has 18 heavy (non-hydrogen) atoms. The predicted octanol–water partition coefficient (Wildman–Crippen LogP) is 4.39. The highest BCUT2D eigenvalue weighted by Crippen LogP contribution is 2.33. The van der Waals surface area contributed by atoms with Crippen LogP contribution in [-0.4, -0.2) is 13.2 Å². The number of hydrogen-bond acceptors (Lipinski definition) is 2. The minimum absolute atomic E-state index is 0.320. The van der Waals surface area contributed by atoms with Gasteiger partial charge in [0.05, 0.1) is 13.2 Å². The van der Waals surface area contributed by atoms with Gasteiger partial charge in [-0.1, -0.05) is 13.0 Å². The fourth-order valence-corrected chi connectivity index (χ4v) is 2.59. The topological polar surface area (TPSA) is 18.5 Å². The van der Waals surface area contributed by atoms with Gasteiger partial charge >= 0.3 is 0 Å². The average molecular weight is 269 g/mol. The molecule has 1 fully saturated rings. The number of hydrogen-bond donors (Lipinski definition) is 0. The Labute approximate surface area is 114 Å². The molecule has 0 aliphatic heterocycles. The summed E-state index contributed by atoms with van der Waals surface area (Å²) in [7, 11) is 1.67. The van der Waals surface area contributed by atoms with Crippen molar-refractivity contribution in [2.45, 2.75) is 44.6 Å². The highest BCUT2D eigenvalue weighted by atomic mass is 35.5. The summed E-state index contributed by atoms with van der Waals surface area (Å²) in [5.41, 5.74) is 1.07. The number of methoxy groups -OCH3 is 1. The zero-order valence-electron chi connectivity index (χ0n) is 11.1. The molecule has 0 heterocycles. The Morgan fingerprint density at radius 1 is 1.17 bits per heavy atom. The van der Waals surface area contributed by atoms with Gasteiger partial charge in [0.2, 0.25) is 0 Å². The van der Waals surface area contributed by atoms with E-state index in [9.17, 15) is 0 Å². The van der Waals surface area contributed by atoms with E-state index in [0.29, 0.717) is 12.0 Å². The van der Waals surface area contributed by atoms with Crippen LogP contribution in [0.1, 0.15) is 38.2 Å². The first-order chi connectivity index (χ1) is 8.72. The van der Waals surface area contributed by atoms with Gasteiger partial charge in [0, 0.05) is 5.88 Å². The van der Waals surface area contributed by atoms with Crippen LogP contribution in [0.25, 0.3) is 0 Å². The summed E-state index contributed by atoms with van der Waals surface area (Å²) >= 11 is 5.86. The zero-order valence-corrected chi connectivity index (χ0v) is 11.9. The van der Waals surface area contributed by atoms with Crippen molar-refractivity contribution >= 4 is 11.6 Å². The molecule has 1 aromatic carbocycles. The normalized spacial score (nSPS) is 23.7. The van der Waals surface area contributed by atoms with Crippen molar-refractivity contribution in [3.63, 3.8) is 0 Å².